The third kappa shape index (κ3) is 4.48. The second kappa shape index (κ2) is 7.53. The molecule has 0 aromatic heterocycles. The molecule has 2 aromatic carbocycles. The number of benzene rings is 2. The smallest absolute Gasteiger partial charge is 0.261 e. The molecule has 3 rings (SSSR count). The van der Waals surface area contributed by atoms with Gasteiger partial charge in [0, 0.05) is 17.1 Å². The van der Waals surface area contributed by atoms with E-state index in [4.69, 9.17) is 16.3 Å². The summed E-state index contributed by atoms with van der Waals surface area (Å²) in [5.41, 5.74) is 0.775. The summed E-state index contributed by atoms with van der Waals surface area (Å²) < 4.78 is 19.7. The second-order valence-electron chi connectivity index (χ2n) is 5.75. The third-order valence-corrected chi connectivity index (χ3v) is 4.58. The lowest BCUT2D eigenvalue weighted by molar-refractivity contribution is -0.134. The van der Waals surface area contributed by atoms with Gasteiger partial charge < -0.3 is 9.64 Å². The first-order valence-corrected chi connectivity index (χ1v) is 8.82. The molecule has 2 aromatic rings. The quantitative estimate of drug-likeness (QED) is 0.681. The molecular formula is C18H16BrClFNO2. The summed E-state index contributed by atoms with van der Waals surface area (Å²) in [6.45, 7) is 0.297. The summed E-state index contributed by atoms with van der Waals surface area (Å²) in [7, 11) is 0. The number of amides is 1. The molecule has 1 saturated carbocycles. The van der Waals surface area contributed by atoms with E-state index in [9.17, 15) is 9.18 Å². The lowest BCUT2D eigenvalue weighted by Gasteiger charge is -2.23. The van der Waals surface area contributed by atoms with Gasteiger partial charge in [0.1, 0.15) is 11.6 Å². The van der Waals surface area contributed by atoms with Crippen molar-refractivity contribution < 1.29 is 13.9 Å². The lowest BCUT2D eigenvalue weighted by atomic mass is 10.2. The molecule has 3 nitrogen and oxygen atoms in total. The van der Waals surface area contributed by atoms with Gasteiger partial charge in [-0.3, -0.25) is 4.79 Å². The van der Waals surface area contributed by atoms with Crippen molar-refractivity contribution in [2.75, 3.05) is 6.61 Å². The Morgan fingerprint density at radius 1 is 1.29 bits per heavy atom. The molecule has 0 heterocycles. The summed E-state index contributed by atoms with van der Waals surface area (Å²) in [6.07, 6.45) is 1.94. The van der Waals surface area contributed by atoms with Crippen LogP contribution in [0.5, 0.6) is 5.75 Å². The Balaban J connectivity index is 1.64. The van der Waals surface area contributed by atoms with Gasteiger partial charge in [-0.2, -0.15) is 0 Å². The zero-order chi connectivity index (χ0) is 17.1. The molecule has 1 aliphatic carbocycles. The van der Waals surface area contributed by atoms with Crippen LogP contribution >= 0.6 is 27.5 Å². The van der Waals surface area contributed by atoms with Crippen LogP contribution in [0, 0.1) is 5.82 Å². The molecule has 0 spiro atoms. The molecule has 1 amide bonds. The molecule has 0 atom stereocenters. The average Bonchev–Trinajstić information content (AvgIpc) is 3.36. The van der Waals surface area contributed by atoms with E-state index >= 15 is 0 Å². The average molecular weight is 413 g/mol. The first kappa shape index (κ1) is 17.2. The fourth-order valence-electron chi connectivity index (χ4n) is 2.45. The van der Waals surface area contributed by atoms with Gasteiger partial charge in [0.15, 0.2) is 6.61 Å². The van der Waals surface area contributed by atoms with Crippen molar-refractivity contribution in [1.29, 1.82) is 0 Å². The molecule has 0 N–H and O–H groups in total. The number of nitrogens with zero attached hydrogens (tertiary/aromatic N) is 1. The molecule has 1 fully saturated rings. The molecule has 0 radical (unpaired) electrons. The van der Waals surface area contributed by atoms with E-state index in [1.165, 1.54) is 12.1 Å². The highest BCUT2D eigenvalue weighted by atomic mass is 79.9. The largest absolute Gasteiger partial charge is 0.482 e. The highest BCUT2D eigenvalue weighted by Gasteiger charge is 2.32. The zero-order valence-electron chi connectivity index (χ0n) is 12.8. The minimum Gasteiger partial charge on any atom is -0.482 e. The van der Waals surface area contributed by atoms with Crippen molar-refractivity contribution in [3.8, 4) is 5.75 Å². The van der Waals surface area contributed by atoms with Crippen LogP contribution < -0.4 is 4.74 Å². The first-order valence-electron chi connectivity index (χ1n) is 7.64. The normalized spacial score (nSPS) is 13.6. The minimum absolute atomic E-state index is 0.0901. The lowest BCUT2D eigenvalue weighted by Crippen LogP contribution is -2.36. The number of halogens is 3. The Labute approximate surface area is 153 Å². The molecule has 126 valence electrons. The van der Waals surface area contributed by atoms with E-state index in [2.05, 4.69) is 15.9 Å². The Morgan fingerprint density at radius 2 is 2.08 bits per heavy atom. The van der Waals surface area contributed by atoms with Gasteiger partial charge in [-0.25, -0.2) is 4.39 Å². The standard InChI is InChI=1S/C18H16BrClFNO2/c19-13-4-7-17(16(20)9-13)24-11-18(23)22(15-5-6-15)10-12-2-1-3-14(21)8-12/h1-4,7-9,15H,5-6,10-11H2. The fourth-order valence-corrected chi connectivity index (χ4v) is 3.18. The Bertz CT molecular complexity index is 752. The second-order valence-corrected chi connectivity index (χ2v) is 7.07. The minimum atomic E-state index is -0.298. The molecule has 0 unspecified atom stereocenters. The van der Waals surface area contributed by atoms with Crippen LogP contribution in [-0.4, -0.2) is 23.5 Å². The Morgan fingerprint density at radius 3 is 2.75 bits per heavy atom. The van der Waals surface area contributed by atoms with Gasteiger partial charge in [0.25, 0.3) is 5.91 Å². The maximum atomic E-state index is 13.3. The van der Waals surface area contributed by atoms with Crippen LogP contribution in [0.1, 0.15) is 18.4 Å². The summed E-state index contributed by atoms with van der Waals surface area (Å²) in [5, 5.41) is 0.445. The van der Waals surface area contributed by atoms with Crippen molar-refractivity contribution in [2.45, 2.75) is 25.4 Å². The van der Waals surface area contributed by atoms with Gasteiger partial charge in [0.05, 0.1) is 5.02 Å². The third-order valence-electron chi connectivity index (χ3n) is 3.80. The van der Waals surface area contributed by atoms with Crippen molar-refractivity contribution >= 4 is 33.4 Å². The SMILES string of the molecule is O=C(COc1ccc(Br)cc1Cl)N(Cc1cccc(F)c1)C1CC1. The van der Waals surface area contributed by atoms with Crippen molar-refractivity contribution in [3.05, 3.63) is 63.3 Å². The molecule has 1 aliphatic rings. The number of rotatable bonds is 6. The summed E-state index contributed by atoms with van der Waals surface area (Å²) in [4.78, 5) is 14.3. The molecule has 0 saturated heterocycles. The van der Waals surface area contributed by atoms with E-state index < -0.39 is 0 Å². The number of hydrogen-bond donors (Lipinski definition) is 0. The van der Waals surface area contributed by atoms with Crippen molar-refractivity contribution in [2.24, 2.45) is 0 Å². The molecule has 6 heteroatoms. The highest BCUT2D eigenvalue weighted by molar-refractivity contribution is 9.10. The number of carbonyl (C=O) groups excluding carboxylic acids is 1. The fraction of sp³-hybridized carbons (Fsp3) is 0.278. The predicted octanol–water partition coefficient (Wildman–Crippen LogP) is 4.81. The van der Waals surface area contributed by atoms with E-state index in [0.29, 0.717) is 17.3 Å². The van der Waals surface area contributed by atoms with Gasteiger partial charge in [-0.15, -0.1) is 0 Å². The van der Waals surface area contributed by atoms with Gasteiger partial charge in [-0.05, 0) is 48.7 Å². The van der Waals surface area contributed by atoms with Crippen LogP contribution in [-0.2, 0) is 11.3 Å². The monoisotopic (exact) mass is 411 g/mol. The predicted molar refractivity (Wildman–Crippen MR) is 94.6 cm³/mol. The zero-order valence-corrected chi connectivity index (χ0v) is 15.2. The van der Waals surface area contributed by atoms with E-state index in [0.717, 1.165) is 22.9 Å². The van der Waals surface area contributed by atoms with Gasteiger partial charge >= 0.3 is 0 Å². The van der Waals surface area contributed by atoms with Gasteiger partial charge in [-0.1, -0.05) is 39.7 Å². The van der Waals surface area contributed by atoms with Crippen molar-refractivity contribution in [3.63, 3.8) is 0 Å². The maximum absolute atomic E-state index is 13.3. The molecule has 24 heavy (non-hydrogen) atoms. The topological polar surface area (TPSA) is 29.5 Å². The number of carbonyl (C=O) groups is 1. The van der Waals surface area contributed by atoms with Crippen LogP contribution in [0.4, 0.5) is 4.39 Å². The molecule has 0 bridgehead atoms. The van der Waals surface area contributed by atoms with Crippen molar-refractivity contribution in [1.82, 2.24) is 4.90 Å². The summed E-state index contributed by atoms with van der Waals surface area (Å²) in [5.74, 6) is 0.0454. The summed E-state index contributed by atoms with van der Waals surface area (Å²) in [6, 6.07) is 11.8. The van der Waals surface area contributed by atoms with Crippen LogP contribution in [0.3, 0.4) is 0 Å². The maximum Gasteiger partial charge on any atom is 0.261 e. The molecule has 0 aliphatic heterocycles. The Kier molecular flexibility index (Phi) is 5.41. The summed E-state index contributed by atoms with van der Waals surface area (Å²) >= 11 is 9.42. The molecular weight excluding hydrogens is 397 g/mol. The van der Waals surface area contributed by atoms with E-state index in [1.54, 1.807) is 29.2 Å². The highest BCUT2D eigenvalue weighted by Crippen LogP contribution is 2.30. The van der Waals surface area contributed by atoms with E-state index in [1.807, 2.05) is 6.07 Å². The van der Waals surface area contributed by atoms with Gasteiger partial charge in [0.2, 0.25) is 0 Å². The van der Waals surface area contributed by atoms with Crippen LogP contribution in [0.25, 0.3) is 0 Å². The van der Waals surface area contributed by atoms with E-state index in [-0.39, 0.29) is 24.4 Å². The first-order chi connectivity index (χ1) is 11.5. The van der Waals surface area contributed by atoms with Crippen LogP contribution in [0.15, 0.2) is 46.9 Å². The Hall–Kier alpha value is -1.59. The number of ether oxygens (including phenoxy) is 1. The number of hydrogen-bond acceptors (Lipinski definition) is 2. The van der Waals surface area contributed by atoms with Crippen LogP contribution in [0.2, 0.25) is 5.02 Å².